The van der Waals surface area contributed by atoms with Gasteiger partial charge >= 0.3 is 0 Å². The van der Waals surface area contributed by atoms with E-state index in [1.54, 1.807) is 7.11 Å². The van der Waals surface area contributed by atoms with Crippen molar-refractivity contribution in [1.82, 2.24) is 10.3 Å². The lowest BCUT2D eigenvalue weighted by atomic mass is 9.99. The number of carbonyl (C=O) groups is 1. The Morgan fingerprint density at radius 3 is 2.75 bits per heavy atom. The summed E-state index contributed by atoms with van der Waals surface area (Å²) < 4.78 is 10.3. The van der Waals surface area contributed by atoms with Crippen LogP contribution in [0.15, 0.2) is 24.3 Å². The van der Waals surface area contributed by atoms with Crippen LogP contribution in [0.3, 0.4) is 0 Å². The number of carbonyl (C=O) groups excluding carboxylic acids is 1. The summed E-state index contributed by atoms with van der Waals surface area (Å²) in [5.41, 5.74) is 4.05. The van der Waals surface area contributed by atoms with Crippen LogP contribution in [0.4, 0.5) is 0 Å². The molecule has 0 unspecified atom stereocenters. The largest absolute Gasteiger partial charge is 0.382 e. The minimum atomic E-state index is 0.0233. The number of aryl methyl sites for hydroxylation is 2. The number of hydrogen-bond donors (Lipinski definition) is 1. The number of rotatable bonds is 9. The van der Waals surface area contributed by atoms with Crippen LogP contribution in [0.5, 0.6) is 0 Å². The van der Waals surface area contributed by atoms with Gasteiger partial charge in [-0.25, -0.2) is 0 Å². The molecule has 2 aromatic rings. The van der Waals surface area contributed by atoms with Crippen molar-refractivity contribution in [3.05, 3.63) is 41.1 Å². The first-order valence-electron chi connectivity index (χ1n) is 8.31. The Balaban J connectivity index is 1.87. The fourth-order valence-corrected chi connectivity index (χ4v) is 2.70. The second-order valence-corrected chi connectivity index (χ2v) is 5.80. The summed E-state index contributed by atoms with van der Waals surface area (Å²) in [5, 5.41) is 4.06. The number of benzene rings is 1. The molecule has 1 N–H and O–H groups in total. The lowest BCUT2D eigenvalue weighted by Crippen LogP contribution is -2.27. The van der Waals surface area contributed by atoms with Crippen LogP contribution < -0.4 is 5.32 Å². The molecular weight excluding hydrogens is 304 g/mol. The summed E-state index contributed by atoms with van der Waals surface area (Å²) in [6.45, 7) is 6.45. The van der Waals surface area contributed by atoms with E-state index < -0.39 is 0 Å². The molecule has 130 valence electrons. The number of ether oxygens (including phenoxy) is 2. The fraction of sp³-hybridized carbons (Fsp3) is 0.474. The van der Waals surface area contributed by atoms with Crippen LogP contribution in [0.25, 0.3) is 10.9 Å². The maximum absolute atomic E-state index is 12.2. The minimum Gasteiger partial charge on any atom is -0.382 e. The van der Waals surface area contributed by atoms with Gasteiger partial charge in [-0.15, -0.1) is 0 Å². The molecular formula is C19H26N2O3. The highest BCUT2D eigenvalue weighted by Gasteiger charge is 2.12. The smallest absolute Gasteiger partial charge is 0.224 e. The summed E-state index contributed by atoms with van der Waals surface area (Å²) in [4.78, 5) is 16.8. The molecule has 0 saturated carbocycles. The Bertz CT molecular complexity index is 686. The standard InChI is InChI=1S/C19H26N2O3/c1-14-16-7-4-5-8-18(16)21-15(2)17(14)13-19(22)20-9-6-10-24-12-11-23-3/h4-5,7-8H,6,9-13H2,1-3H3,(H,20,22). The zero-order valence-corrected chi connectivity index (χ0v) is 14.7. The zero-order chi connectivity index (χ0) is 17.4. The molecule has 0 aliphatic heterocycles. The molecule has 0 bridgehead atoms. The third-order valence-electron chi connectivity index (χ3n) is 4.04. The van der Waals surface area contributed by atoms with Crippen LogP contribution >= 0.6 is 0 Å². The van der Waals surface area contributed by atoms with Gasteiger partial charge in [-0.2, -0.15) is 0 Å². The van der Waals surface area contributed by atoms with Crippen molar-refractivity contribution in [3.63, 3.8) is 0 Å². The van der Waals surface area contributed by atoms with Gasteiger partial charge in [0, 0.05) is 31.3 Å². The average molecular weight is 330 g/mol. The molecule has 2 rings (SSSR count). The maximum Gasteiger partial charge on any atom is 0.224 e. The first-order valence-corrected chi connectivity index (χ1v) is 8.31. The van der Waals surface area contributed by atoms with E-state index in [0.29, 0.717) is 32.8 Å². The summed E-state index contributed by atoms with van der Waals surface area (Å²) in [5.74, 6) is 0.0233. The number of hydrogen-bond acceptors (Lipinski definition) is 4. The third kappa shape index (κ3) is 5.01. The van der Waals surface area contributed by atoms with E-state index in [0.717, 1.165) is 34.1 Å². The predicted octanol–water partition coefficient (Wildman–Crippen LogP) is 2.56. The molecule has 5 nitrogen and oxygen atoms in total. The normalized spacial score (nSPS) is 11.0. The molecule has 24 heavy (non-hydrogen) atoms. The lowest BCUT2D eigenvalue weighted by Gasteiger charge is -2.12. The zero-order valence-electron chi connectivity index (χ0n) is 14.7. The topological polar surface area (TPSA) is 60.5 Å². The molecule has 0 atom stereocenters. The molecule has 5 heteroatoms. The van der Waals surface area contributed by atoms with Gasteiger partial charge in [-0.1, -0.05) is 18.2 Å². The molecule has 0 saturated heterocycles. The highest BCUT2D eigenvalue weighted by molar-refractivity contribution is 5.86. The van der Waals surface area contributed by atoms with Gasteiger partial charge in [0.05, 0.1) is 25.2 Å². The van der Waals surface area contributed by atoms with E-state index in [1.165, 1.54) is 0 Å². The number of pyridine rings is 1. The molecule has 0 spiro atoms. The first kappa shape index (κ1) is 18.4. The second kappa shape index (κ2) is 9.35. The molecule has 1 aromatic carbocycles. The van der Waals surface area contributed by atoms with E-state index in [2.05, 4.69) is 23.3 Å². The Morgan fingerprint density at radius 2 is 1.96 bits per heavy atom. The van der Waals surface area contributed by atoms with Gasteiger partial charge in [0.15, 0.2) is 0 Å². The number of amides is 1. The SMILES string of the molecule is COCCOCCCNC(=O)Cc1c(C)nc2ccccc2c1C. The summed E-state index contributed by atoms with van der Waals surface area (Å²) in [7, 11) is 1.65. The maximum atomic E-state index is 12.2. The first-order chi connectivity index (χ1) is 11.6. The highest BCUT2D eigenvalue weighted by Crippen LogP contribution is 2.22. The molecule has 0 fully saturated rings. The van der Waals surface area contributed by atoms with Crippen LogP contribution in [-0.4, -0.2) is 44.4 Å². The van der Waals surface area contributed by atoms with Crippen LogP contribution in [0.2, 0.25) is 0 Å². The molecule has 1 heterocycles. The number of methoxy groups -OCH3 is 1. The molecule has 0 aliphatic carbocycles. The van der Waals surface area contributed by atoms with Gasteiger partial charge in [-0.05, 0) is 37.5 Å². The quantitative estimate of drug-likeness (QED) is 0.718. The van der Waals surface area contributed by atoms with Gasteiger partial charge in [0.2, 0.25) is 5.91 Å². The highest BCUT2D eigenvalue weighted by atomic mass is 16.5. The van der Waals surface area contributed by atoms with Crippen molar-refractivity contribution >= 4 is 16.8 Å². The lowest BCUT2D eigenvalue weighted by molar-refractivity contribution is -0.120. The van der Waals surface area contributed by atoms with Crippen LogP contribution in [0, 0.1) is 13.8 Å². The summed E-state index contributed by atoms with van der Waals surface area (Å²) >= 11 is 0. The Labute approximate surface area is 143 Å². The van der Waals surface area contributed by atoms with Gasteiger partial charge < -0.3 is 14.8 Å². The van der Waals surface area contributed by atoms with E-state index in [4.69, 9.17) is 9.47 Å². The number of nitrogens with one attached hydrogen (secondary N) is 1. The third-order valence-corrected chi connectivity index (χ3v) is 4.04. The van der Waals surface area contributed by atoms with Gasteiger partial charge in [0.25, 0.3) is 0 Å². The van der Waals surface area contributed by atoms with E-state index in [-0.39, 0.29) is 5.91 Å². The van der Waals surface area contributed by atoms with Gasteiger partial charge in [0.1, 0.15) is 0 Å². The summed E-state index contributed by atoms with van der Waals surface area (Å²) in [6, 6.07) is 8.04. The Morgan fingerprint density at radius 1 is 1.17 bits per heavy atom. The number of fused-ring (bicyclic) bond motifs is 1. The Hall–Kier alpha value is -1.98. The van der Waals surface area contributed by atoms with Crippen molar-refractivity contribution in [3.8, 4) is 0 Å². The van der Waals surface area contributed by atoms with Crippen LogP contribution in [-0.2, 0) is 20.7 Å². The fourth-order valence-electron chi connectivity index (χ4n) is 2.70. The Kier molecular flexibility index (Phi) is 7.15. The monoisotopic (exact) mass is 330 g/mol. The predicted molar refractivity (Wildman–Crippen MR) is 95.2 cm³/mol. The molecule has 1 amide bonds. The number of aromatic nitrogens is 1. The van der Waals surface area contributed by atoms with E-state index in [9.17, 15) is 4.79 Å². The number of nitrogens with zero attached hydrogens (tertiary/aromatic N) is 1. The summed E-state index contributed by atoms with van der Waals surface area (Å²) in [6.07, 6.45) is 1.16. The number of para-hydroxylation sites is 1. The average Bonchev–Trinajstić information content (AvgIpc) is 2.58. The van der Waals surface area contributed by atoms with Crippen molar-refractivity contribution in [2.45, 2.75) is 26.7 Å². The molecule has 0 radical (unpaired) electrons. The molecule has 1 aromatic heterocycles. The van der Waals surface area contributed by atoms with E-state index >= 15 is 0 Å². The second-order valence-electron chi connectivity index (χ2n) is 5.80. The van der Waals surface area contributed by atoms with Crippen molar-refractivity contribution in [1.29, 1.82) is 0 Å². The molecule has 0 aliphatic rings. The van der Waals surface area contributed by atoms with Gasteiger partial charge in [-0.3, -0.25) is 9.78 Å². The van der Waals surface area contributed by atoms with Crippen molar-refractivity contribution < 1.29 is 14.3 Å². The van der Waals surface area contributed by atoms with Crippen molar-refractivity contribution in [2.24, 2.45) is 0 Å². The van der Waals surface area contributed by atoms with Crippen molar-refractivity contribution in [2.75, 3.05) is 33.5 Å². The van der Waals surface area contributed by atoms with E-state index in [1.807, 2.05) is 25.1 Å². The van der Waals surface area contributed by atoms with Crippen LogP contribution in [0.1, 0.15) is 23.2 Å². The minimum absolute atomic E-state index is 0.0233.